The summed E-state index contributed by atoms with van der Waals surface area (Å²) in [6.45, 7) is 0. The van der Waals surface area contributed by atoms with Crippen molar-refractivity contribution < 1.29 is 4.74 Å². The van der Waals surface area contributed by atoms with Crippen LogP contribution in [-0.2, 0) is 0 Å². The van der Waals surface area contributed by atoms with Gasteiger partial charge in [-0.15, -0.1) is 0 Å². The van der Waals surface area contributed by atoms with Gasteiger partial charge in [-0.3, -0.25) is 4.98 Å². The van der Waals surface area contributed by atoms with Gasteiger partial charge in [-0.2, -0.15) is 0 Å². The highest BCUT2D eigenvalue weighted by Crippen LogP contribution is 2.31. The van der Waals surface area contributed by atoms with E-state index in [0.29, 0.717) is 5.88 Å². The van der Waals surface area contributed by atoms with Crippen molar-refractivity contribution in [1.29, 1.82) is 0 Å². The van der Waals surface area contributed by atoms with E-state index in [2.05, 4.69) is 33.5 Å². The number of hydrogen-bond acceptors (Lipinski definition) is 4. The Balaban J connectivity index is 2.19. The summed E-state index contributed by atoms with van der Waals surface area (Å²) in [6, 6.07) is 12.2. The molecule has 1 N–H and O–H groups in total. The Bertz CT molecular complexity index is 752. The first-order valence-electron chi connectivity index (χ1n) is 6.84. The maximum atomic E-state index is 5.39. The highest BCUT2D eigenvalue weighted by molar-refractivity contribution is 5.85. The van der Waals surface area contributed by atoms with Crippen LogP contribution < -0.4 is 10.1 Å². The van der Waals surface area contributed by atoms with Crippen LogP contribution in [0.1, 0.15) is 17.2 Å². The summed E-state index contributed by atoms with van der Waals surface area (Å²) in [7, 11) is 3.58. The summed E-state index contributed by atoms with van der Waals surface area (Å²) in [5.41, 5.74) is 2.17. The molecule has 0 amide bonds. The molecule has 2 aromatic heterocycles. The topological polar surface area (TPSA) is 47.0 Å². The van der Waals surface area contributed by atoms with Gasteiger partial charge in [-0.05, 0) is 30.1 Å². The Hall–Kier alpha value is -2.46. The summed E-state index contributed by atoms with van der Waals surface area (Å²) < 4.78 is 5.39. The highest BCUT2D eigenvalue weighted by atomic mass is 16.5. The monoisotopic (exact) mass is 279 g/mol. The van der Waals surface area contributed by atoms with Gasteiger partial charge in [0.15, 0.2) is 0 Å². The fourth-order valence-electron chi connectivity index (χ4n) is 2.66. The predicted molar refractivity (Wildman–Crippen MR) is 83.4 cm³/mol. The minimum Gasteiger partial charge on any atom is -0.481 e. The molecule has 0 saturated carbocycles. The molecule has 0 aliphatic carbocycles. The number of nitrogens with one attached hydrogen (secondary N) is 1. The highest BCUT2D eigenvalue weighted by Gasteiger charge is 2.19. The van der Waals surface area contributed by atoms with E-state index in [4.69, 9.17) is 4.74 Å². The van der Waals surface area contributed by atoms with Crippen LogP contribution in [0.5, 0.6) is 5.88 Å². The van der Waals surface area contributed by atoms with E-state index in [1.807, 2.05) is 37.6 Å². The number of fused-ring (bicyclic) bond motifs is 1. The zero-order chi connectivity index (χ0) is 14.7. The number of methoxy groups -OCH3 is 1. The second kappa shape index (κ2) is 5.89. The molecule has 0 fully saturated rings. The molecule has 1 aromatic carbocycles. The summed E-state index contributed by atoms with van der Waals surface area (Å²) >= 11 is 0. The van der Waals surface area contributed by atoms with Gasteiger partial charge in [0.05, 0.1) is 13.2 Å². The molecule has 0 radical (unpaired) electrons. The SMILES string of the molecule is CNC(c1cccnc1OC)c1cccc2ccncc12. The van der Waals surface area contributed by atoms with Crippen molar-refractivity contribution >= 4 is 10.8 Å². The predicted octanol–water partition coefficient (Wildman–Crippen LogP) is 2.95. The smallest absolute Gasteiger partial charge is 0.218 e. The van der Waals surface area contributed by atoms with Gasteiger partial charge in [-0.1, -0.05) is 24.3 Å². The van der Waals surface area contributed by atoms with Crippen molar-refractivity contribution in [2.75, 3.05) is 14.2 Å². The van der Waals surface area contributed by atoms with Gasteiger partial charge in [0.25, 0.3) is 0 Å². The Labute approximate surface area is 123 Å². The van der Waals surface area contributed by atoms with E-state index in [1.54, 1.807) is 13.3 Å². The zero-order valence-electron chi connectivity index (χ0n) is 12.1. The van der Waals surface area contributed by atoms with Crippen LogP contribution in [0.3, 0.4) is 0 Å². The number of aromatic nitrogens is 2. The van der Waals surface area contributed by atoms with Crippen molar-refractivity contribution in [1.82, 2.24) is 15.3 Å². The van der Waals surface area contributed by atoms with Crippen LogP contribution in [0.25, 0.3) is 10.8 Å². The fraction of sp³-hybridized carbons (Fsp3) is 0.176. The molecule has 2 heterocycles. The van der Waals surface area contributed by atoms with E-state index >= 15 is 0 Å². The van der Waals surface area contributed by atoms with E-state index in [0.717, 1.165) is 16.5 Å². The normalized spacial score (nSPS) is 12.3. The van der Waals surface area contributed by atoms with Gasteiger partial charge >= 0.3 is 0 Å². The molecule has 0 aliphatic rings. The Kier molecular flexibility index (Phi) is 3.79. The molecule has 21 heavy (non-hydrogen) atoms. The van der Waals surface area contributed by atoms with Crippen LogP contribution in [-0.4, -0.2) is 24.1 Å². The van der Waals surface area contributed by atoms with Crippen molar-refractivity contribution in [3.05, 3.63) is 66.1 Å². The third-order valence-electron chi connectivity index (χ3n) is 3.62. The number of rotatable bonds is 4. The van der Waals surface area contributed by atoms with Gasteiger partial charge in [0.2, 0.25) is 5.88 Å². The number of hydrogen-bond donors (Lipinski definition) is 1. The standard InChI is InChI=1S/C17H17N3O/c1-18-16(14-7-4-9-20-17(14)21-2)13-6-3-5-12-8-10-19-11-15(12)13/h3-11,16,18H,1-2H3. The maximum Gasteiger partial charge on any atom is 0.218 e. The third kappa shape index (κ3) is 2.45. The van der Waals surface area contributed by atoms with E-state index in [-0.39, 0.29) is 6.04 Å². The van der Waals surface area contributed by atoms with Crippen molar-refractivity contribution in [2.24, 2.45) is 0 Å². The minimum atomic E-state index is 0.00144. The zero-order valence-corrected chi connectivity index (χ0v) is 12.1. The number of ether oxygens (including phenoxy) is 1. The molecular formula is C17H17N3O. The van der Waals surface area contributed by atoms with E-state index in [1.165, 1.54) is 5.39 Å². The van der Waals surface area contributed by atoms with E-state index < -0.39 is 0 Å². The van der Waals surface area contributed by atoms with Crippen molar-refractivity contribution in [3.8, 4) is 5.88 Å². The fourth-order valence-corrected chi connectivity index (χ4v) is 2.66. The van der Waals surface area contributed by atoms with Crippen LogP contribution in [0.2, 0.25) is 0 Å². The molecule has 4 nitrogen and oxygen atoms in total. The first-order valence-corrected chi connectivity index (χ1v) is 6.84. The molecule has 0 bridgehead atoms. The summed E-state index contributed by atoms with van der Waals surface area (Å²) in [6.07, 6.45) is 5.45. The minimum absolute atomic E-state index is 0.00144. The van der Waals surface area contributed by atoms with Crippen LogP contribution in [0.15, 0.2) is 55.0 Å². The van der Waals surface area contributed by atoms with Crippen LogP contribution >= 0.6 is 0 Å². The first kappa shape index (κ1) is 13.5. The van der Waals surface area contributed by atoms with Gasteiger partial charge < -0.3 is 10.1 Å². The largest absolute Gasteiger partial charge is 0.481 e. The molecule has 3 rings (SSSR count). The molecule has 0 aliphatic heterocycles. The molecule has 1 atom stereocenters. The molecular weight excluding hydrogens is 262 g/mol. The summed E-state index contributed by atoms with van der Waals surface area (Å²) in [5, 5.41) is 5.66. The van der Waals surface area contributed by atoms with E-state index in [9.17, 15) is 0 Å². The van der Waals surface area contributed by atoms with Crippen molar-refractivity contribution in [3.63, 3.8) is 0 Å². The molecule has 0 spiro atoms. The second-order valence-electron chi connectivity index (χ2n) is 4.77. The van der Waals surface area contributed by atoms with Crippen LogP contribution in [0, 0.1) is 0 Å². The molecule has 106 valence electrons. The lowest BCUT2D eigenvalue weighted by Crippen LogP contribution is -2.19. The van der Waals surface area contributed by atoms with Crippen molar-refractivity contribution in [2.45, 2.75) is 6.04 Å². The Morgan fingerprint density at radius 2 is 1.90 bits per heavy atom. The lowest BCUT2D eigenvalue weighted by atomic mass is 9.95. The summed E-state index contributed by atoms with van der Waals surface area (Å²) in [4.78, 5) is 8.55. The molecule has 3 aromatic rings. The lowest BCUT2D eigenvalue weighted by molar-refractivity contribution is 0.388. The quantitative estimate of drug-likeness (QED) is 0.797. The third-order valence-corrected chi connectivity index (χ3v) is 3.62. The second-order valence-corrected chi connectivity index (χ2v) is 4.77. The number of benzene rings is 1. The number of nitrogens with zero attached hydrogens (tertiary/aromatic N) is 2. The molecule has 4 heteroatoms. The lowest BCUT2D eigenvalue weighted by Gasteiger charge is -2.20. The average Bonchev–Trinajstić information content (AvgIpc) is 2.56. The van der Waals surface area contributed by atoms with Gasteiger partial charge in [-0.25, -0.2) is 4.98 Å². The molecule has 0 saturated heterocycles. The number of pyridine rings is 2. The molecule has 1 unspecified atom stereocenters. The first-order chi connectivity index (χ1) is 10.3. The summed E-state index contributed by atoms with van der Waals surface area (Å²) in [5.74, 6) is 0.637. The van der Waals surface area contributed by atoms with Crippen LogP contribution in [0.4, 0.5) is 0 Å². The average molecular weight is 279 g/mol. The Morgan fingerprint density at radius 1 is 1.05 bits per heavy atom. The maximum absolute atomic E-state index is 5.39. The van der Waals surface area contributed by atoms with Gasteiger partial charge in [0.1, 0.15) is 0 Å². The van der Waals surface area contributed by atoms with Gasteiger partial charge in [0, 0.05) is 29.5 Å². The Morgan fingerprint density at radius 3 is 2.71 bits per heavy atom.